The van der Waals surface area contributed by atoms with Crippen LogP contribution in [0.15, 0.2) is 15.7 Å². The van der Waals surface area contributed by atoms with Gasteiger partial charge in [-0.25, -0.2) is 17.2 Å². The molecule has 7 heteroatoms. The van der Waals surface area contributed by atoms with Crippen molar-refractivity contribution in [2.45, 2.75) is 29.9 Å². The number of rotatable bonds is 2. The summed E-state index contributed by atoms with van der Waals surface area (Å²) in [5, 5.41) is 1.70. The Morgan fingerprint density at radius 2 is 2.00 bits per heavy atom. The molecule has 0 radical (unpaired) electrons. The fourth-order valence-corrected chi connectivity index (χ4v) is 5.76. The maximum absolute atomic E-state index is 13.4. The zero-order chi connectivity index (χ0) is 13.2. The van der Waals surface area contributed by atoms with E-state index in [1.54, 1.807) is 18.4 Å². The molecule has 0 bridgehead atoms. The van der Waals surface area contributed by atoms with Gasteiger partial charge in [-0.3, -0.25) is 0 Å². The molecule has 2 heterocycles. The van der Waals surface area contributed by atoms with Gasteiger partial charge in [-0.15, -0.1) is 11.3 Å². The lowest BCUT2D eigenvalue weighted by Gasteiger charge is -2.59. The molecule has 3 rings (SSSR count). The normalized spacial score (nSPS) is 25.7. The monoisotopic (exact) mass is 293 g/mol. The van der Waals surface area contributed by atoms with E-state index in [1.807, 2.05) is 0 Å². The number of thiophene rings is 1. The molecule has 1 aliphatic carbocycles. The Morgan fingerprint density at radius 1 is 1.33 bits per heavy atom. The molecule has 1 saturated heterocycles. The van der Waals surface area contributed by atoms with Crippen molar-refractivity contribution in [2.24, 2.45) is 5.41 Å². The van der Waals surface area contributed by atoms with E-state index in [1.165, 1.54) is 4.31 Å². The molecule has 0 aromatic carbocycles. The predicted octanol–water partition coefficient (Wildman–Crippen LogP) is 2.48. The summed E-state index contributed by atoms with van der Waals surface area (Å²) in [6, 6.07) is 1.73. The average Bonchev–Trinajstić information content (AvgIpc) is 2.61. The van der Waals surface area contributed by atoms with Gasteiger partial charge in [-0.1, -0.05) is 0 Å². The van der Waals surface area contributed by atoms with Gasteiger partial charge in [-0.2, -0.15) is 4.31 Å². The van der Waals surface area contributed by atoms with Gasteiger partial charge < -0.3 is 0 Å². The number of hydrogen-bond donors (Lipinski definition) is 0. The largest absolute Gasteiger partial charge is 0.256 e. The van der Waals surface area contributed by atoms with E-state index in [0.29, 0.717) is 12.0 Å². The average molecular weight is 293 g/mol. The highest BCUT2D eigenvalue weighted by atomic mass is 32.2. The van der Waals surface area contributed by atoms with Gasteiger partial charge in [0.25, 0.3) is 15.9 Å². The second-order valence-corrected chi connectivity index (χ2v) is 8.20. The zero-order valence-corrected chi connectivity index (χ0v) is 11.5. The summed E-state index contributed by atoms with van der Waals surface area (Å²) in [5.74, 6) is -2.69. The molecule has 2 aliphatic rings. The van der Waals surface area contributed by atoms with Crippen LogP contribution in [0.4, 0.5) is 8.78 Å². The van der Waals surface area contributed by atoms with Crippen LogP contribution < -0.4 is 0 Å². The van der Waals surface area contributed by atoms with Gasteiger partial charge in [0.2, 0.25) is 0 Å². The molecule has 0 amide bonds. The second kappa shape index (κ2) is 3.52. The summed E-state index contributed by atoms with van der Waals surface area (Å²) in [6.07, 6.45) is 0.314. The van der Waals surface area contributed by atoms with Crippen LogP contribution >= 0.6 is 11.3 Å². The summed E-state index contributed by atoms with van der Waals surface area (Å²) in [4.78, 5) is 0. The van der Waals surface area contributed by atoms with Crippen LogP contribution in [0.5, 0.6) is 0 Å². The summed E-state index contributed by atoms with van der Waals surface area (Å²) >= 11 is 1.14. The van der Waals surface area contributed by atoms with Crippen LogP contribution in [0.2, 0.25) is 0 Å². The molecule has 100 valence electrons. The number of nitrogens with zero attached hydrogens (tertiary/aromatic N) is 1. The minimum Gasteiger partial charge on any atom is -0.206 e. The minimum atomic E-state index is -3.57. The Morgan fingerprint density at radius 3 is 2.39 bits per heavy atom. The summed E-state index contributed by atoms with van der Waals surface area (Å²) in [5.41, 5.74) is -0.396. The fraction of sp³-hybridized carbons (Fsp3) is 0.636. The Hall–Kier alpha value is -0.530. The molecule has 0 atom stereocenters. The lowest BCUT2D eigenvalue weighted by molar-refractivity contribution is -0.242. The molecule has 1 saturated carbocycles. The van der Waals surface area contributed by atoms with E-state index in [9.17, 15) is 17.2 Å². The third-order valence-corrected chi connectivity index (χ3v) is 7.50. The van der Waals surface area contributed by atoms with Crippen LogP contribution in [0.3, 0.4) is 0 Å². The van der Waals surface area contributed by atoms with Crippen molar-refractivity contribution in [3.05, 3.63) is 17.0 Å². The zero-order valence-electron chi connectivity index (χ0n) is 9.82. The third-order valence-electron chi connectivity index (χ3n) is 4.04. The van der Waals surface area contributed by atoms with Gasteiger partial charge >= 0.3 is 0 Å². The number of halogens is 2. The quantitative estimate of drug-likeness (QED) is 0.840. The van der Waals surface area contributed by atoms with Crippen molar-refractivity contribution < 1.29 is 17.2 Å². The molecule has 1 aromatic rings. The lowest BCUT2D eigenvalue weighted by atomic mass is 9.61. The SMILES string of the molecule is Cc1ccsc1S(=O)(=O)N1CC2(CCC2(F)F)C1. The highest BCUT2D eigenvalue weighted by molar-refractivity contribution is 7.91. The standard InChI is InChI=1S/C11H13F2NO2S2/c1-8-2-5-17-9(8)18(15,16)14-6-10(7-14)3-4-11(10,12)13/h2,5H,3-4,6-7H2,1H3. The van der Waals surface area contributed by atoms with Crippen LogP contribution in [0.1, 0.15) is 18.4 Å². The smallest absolute Gasteiger partial charge is 0.206 e. The third kappa shape index (κ3) is 1.44. The maximum Gasteiger partial charge on any atom is 0.256 e. The van der Waals surface area contributed by atoms with E-state index >= 15 is 0 Å². The van der Waals surface area contributed by atoms with Crippen molar-refractivity contribution in [3.63, 3.8) is 0 Å². The van der Waals surface area contributed by atoms with Gasteiger partial charge in [0.1, 0.15) is 4.21 Å². The Kier molecular flexibility index (Phi) is 2.44. The molecule has 18 heavy (non-hydrogen) atoms. The van der Waals surface area contributed by atoms with E-state index in [2.05, 4.69) is 0 Å². The Balaban J connectivity index is 1.82. The van der Waals surface area contributed by atoms with E-state index in [0.717, 1.165) is 11.3 Å². The van der Waals surface area contributed by atoms with Crippen molar-refractivity contribution in [2.75, 3.05) is 13.1 Å². The molecule has 1 aliphatic heterocycles. The van der Waals surface area contributed by atoms with Crippen molar-refractivity contribution in [1.29, 1.82) is 0 Å². The van der Waals surface area contributed by atoms with Crippen molar-refractivity contribution >= 4 is 21.4 Å². The first-order valence-electron chi connectivity index (χ1n) is 5.71. The van der Waals surface area contributed by atoms with Crippen molar-refractivity contribution in [1.82, 2.24) is 4.31 Å². The maximum atomic E-state index is 13.4. The van der Waals surface area contributed by atoms with Gasteiger partial charge in [0, 0.05) is 19.5 Å². The number of sulfonamides is 1. The molecule has 0 unspecified atom stereocenters. The molecular formula is C11H13F2NO2S2. The molecule has 1 aromatic heterocycles. The topological polar surface area (TPSA) is 37.4 Å². The summed E-state index contributed by atoms with van der Waals surface area (Å²) in [7, 11) is -3.57. The van der Waals surface area contributed by atoms with Crippen molar-refractivity contribution in [3.8, 4) is 0 Å². The molecule has 0 N–H and O–H groups in total. The molecular weight excluding hydrogens is 280 g/mol. The summed E-state index contributed by atoms with van der Waals surface area (Å²) < 4.78 is 52.7. The molecule has 1 spiro atoms. The van der Waals surface area contributed by atoms with E-state index in [-0.39, 0.29) is 23.7 Å². The van der Waals surface area contributed by atoms with Crippen LogP contribution in [0.25, 0.3) is 0 Å². The first kappa shape index (κ1) is 12.5. The van der Waals surface area contributed by atoms with E-state index in [4.69, 9.17) is 0 Å². The first-order chi connectivity index (χ1) is 8.29. The van der Waals surface area contributed by atoms with Gasteiger partial charge in [-0.05, 0) is 30.4 Å². The molecule has 2 fully saturated rings. The van der Waals surface area contributed by atoms with Crippen LogP contribution in [0, 0.1) is 12.3 Å². The summed E-state index contributed by atoms with van der Waals surface area (Å²) in [6.45, 7) is 1.64. The fourth-order valence-electron chi connectivity index (χ4n) is 2.60. The van der Waals surface area contributed by atoms with Crippen LogP contribution in [-0.4, -0.2) is 31.7 Å². The lowest BCUT2D eigenvalue weighted by Crippen LogP contribution is -2.70. The number of aryl methyl sites for hydroxylation is 1. The van der Waals surface area contributed by atoms with Gasteiger partial charge in [0.05, 0.1) is 5.41 Å². The Labute approximate surface area is 108 Å². The highest BCUT2D eigenvalue weighted by Gasteiger charge is 2.68. The Bertz CT molecular complexity index is 588. The van der Waals surface area contributed by atoms with Crippen LogP contribution in [-0.2, 0) is 10.0 Å². The predicted molar refractivity (Wildman–Crippen MR) is 64.4 cm³/mol. The number of alkyl halides is 2. The molecule has 3 nitrogen and oxygen atoms in total. The van der Waals surface area contributed by atoms with Gasteiger partial charge in [0.15, 0.2) is 0 Å². The number of hydrogen-bond acceptors (Lipinski definition) is 3. The highest BCUT2D eigenvalue weighted by Crippen LogP contribution is 2.59. The second-order valence-electron chi connectivity index (χ2n) is 5.15. The minimum absolute atomic E-state index is 0.0420. The first-order valence-corrected chi connectivity index (χ1v) is 8.03. The van der Waals surface area contributed by atoms with E-state index < -0.39 is 21.4 Å².